The average molecular weight is 241 g/mol. The standard InChI is InChI=1S/C10H12FN3OS/c1-6(9(12)16)13-10(15)14-8-5-3-2-4-7(8)11/h2-6H,1H3,(H2,12,16)(H2,13,14,15). The van der Waals surface area contributed by atoms with Gasteiger partial charge < -0.3 is 16.4 Å². The average Bonchev–Trinajstić information content (AvgIpc) is 2.21. The van der Waals surface area contributed by atoms with Crippen LogP contribution in [0.25, 0.3) is 0 Å². The van der Waals surface area contributed by atoms with E-state index in [0.717, 1.165) is 0 Å². The number of nitrogens with one attached hydrogen (secondary N) is 2. The van der Waals surface area contributed by atoms with E-state index in [1.54, 1.807) is 13.0 Å². The highest BCUT2D eigenvalue weighted by Crippen LogP contribution is 2.11. The van der Waals surface area contributed by atoms with Crippen molar-refractivity contribution in [3.05, 3.63) is 30.1 Å². The molecule has 4 N–H and O–H groups in total. The molecule has 0 aliphatic heterocycles. The van der Waals surface area contributed by atoms with E-state index >= 15 is 0 Å². The number of para-hydroxylation sites is 1. The van der Waals surface area contributed by atoms with Gasteiger partial charge in [0.2, 0.25) is 0 Å². The summed E-state index contributed by atoms with van der Waals surface area (Å²) < 4.78 is 13.2. The van der Waals surface area contributed by atoms with Crippen LogP contribution in [-0.4, -0.2) is 17.1 Å². The summed E-state index contributed by atoms with van der Waals surface area (Å²) in [4.78, 5) is 11.5. The van der Waals surface area contributed by atoms with Crippen molar-refractivity contribution in [1.29, 1.82) is 0 Å². The normalized spacial score (nSPS) is 11.6. The molecule has 4 nitrogen and oxygen atoms in total. The van der Waals surface area contributed by atoms with E-state index < -0.39 is 17.9 Å². The van der Waals surface area contributed by atoms with E-state index in [0.29, 0.717) is 0 Å². The zero-order valence-electron chi connectivity index (χ0n) is 8.66. The summed E-state index contributed by atoms with van der Waals surface area (Å²) in [5.74, 6) is -0.499. The van der Waals surface area contributed by atoms with E-state index in [-0.39, 0.29) is 10.7 Å². The number of carbonyl (C=O) groups excluding carboxylic acids is 1. The van der Waals surface area contributed by atoms with Crippen molar-refractivity contribution in [2.75, 3.05) is 5.32 Å². The first-order valence-electron chi connectivity index (χ1n) is 4.62. The first-order chi connectivity index (χ1) is 7.50. The molecule has 0 aliphatic rings. The SMILES string of the molecule is CC(NC(=O)Nc1ccccc1F)C(N)=S. The third-order valence-corrected chi connectivity index (χ3v) is 2.25. The molecule has 6 heteroatoms. The number of nitrogens with two attached hydrogens (primary N) is 1. The Hall–Kier alpha value is -1.69. The Labute approximate surface area is 98.0 Å². The summed E-state index contributed by atoms with van der Waals surface area (Å²) in [6, 6.07) is 4.88. The van der Waals surface area contributed by atoms with Crippen LogP contribution in [0.3, 0.4) is 0 Å². The molecule has 0 heterocycles. The van der Waals surface area contributed by atoms with E-state index in [2.05, 4.69) is 22.9 Å². The highest BCUT2D eigenvalue weighted by atomic mass is 32.1. The van der Waals surface area contributed by atoms with Gasteiger partial charge in [0.25, 0.3) is 0 Å². The van der Waals surface area contributed by atoms with Gasteiger partial charge in [0.15, 0.2) is 0 Å². The van der Waals surface area contributed by atoms with Crippen LogP contribution in [0.5, 0.6) is 0 Å². The minimum atomic E-state index is -0.551. The van der Waals surface area contributed by atoms with Crippen LogP contribution in [0, 0.1) is 5.82 Å². The molecule has 0 radical (unpaired) electrons. The maximum absolute atomic E-state index is 13.2. The van der Waals surface area contributed by atoms with Crippen molar-refractivity contribution in [3.63, 3.8) is 0 Å². The maximum atomic E-state index is 13.2. The predicted octanol–water partition coefficient (Wildman–Crippen LogP) is 1.62. The van der Waals surface area contributed by atoms with Gasteiger partial charge in [-0.3, -0.25) is 0 Å². The molecule has 1 unspecified atom stereocenters. The molecule has 0 fully saturated rings. The molecule has 0 aliphatic carbocycles. The Morgan fingerprint density at radius 2 is 2.12 bits per heavy atom. The number of carbonyl (C=O) groups is 1. The number of rotatable bonds is 3. The summed E-state index contributed by atoms with van der Waals surface area (Å²) in [7, 11) is 0. The van der Waals surface area contributed by atoms with Crippen LogP contribution in [0.1, 0.15) is 6.92 Å². The van der Waals surface area contributed by atoms with E-state index in [9.17, 15) is 9.18 Å². The minimum absolute atomic E-state index is 0.107. The van der Waals surface area contributed by atoms with Crippen LogP contribution in [0.4, 0.5) is 14.9 Å². The van der Waals surface area contributed by atoms with Crippen LogP contribution < -0.4 is 16.4 Å². The van der Waals surface area contributed by atoms with Crippen molar-refractivity contribution in [2.24, 2.45) is 5.73 Å². The molecular formula is C10H12FN3OS. The molecule has 1 aromatic carbocycles. The summed E-state index contributed by atoms with van der Waals surface area (Å²) in [6.07, 6.45) is 0. The molecule has 0 bridgehead atoms. The van der Waals surface area contributed by atoms with Gasteiger partial charge >= 0.3 is 6.03 Å². The molecule has 0 saturated carbocycles. The molecule has 86 valence electrons. The highest BCUT2D eigenvalue weighted by molar-refractivity contribution is 7.80. The van der Waals surface area contributed by atoms with Gasteiger partial charge in [-0.1, -0.05) is 24.4 Å². The Morgan fingerprint density at radius 3 is 2.69 bits per heavy atom. The van der Waals surface area contributed by atoms with Gasteiger partial charge in [-0.05, 0) is 19.1 Å². The molecule has 1 atom stereocenters. The monoisotopic (exact) mass is 241 g/mol. The molecule has 0 aromatic heterocycles. The number of halogens is 1. The second-order valence-corrected chi connectivity index (χ2v) is 3.67. The second-order valence-electron chi connectivity index (χ2n) is 3.20. The summed E-state index contributed by atoms with van der Waals surface area (Å²) >= 11 is 4.69. The van der Waals surface area contributed by atoms with Gasteiger partial charge in [-0.15, -0.1) is 0 Å². The summed E-state index contributed by atoms with van der Waals surface area (Å²) in [6.45, 7) is 1.64. The number of hydrogen-bond donors (Lipinski definition) is 3. The molecule has 0 spiro atoms. The first kappa shape index (κ1) is 12.4. The number of anilines is 1. The Morgan fingerprint density at radius 1 is 1.50 bits per heavy atom. The van der Waals surface area contributed by atoms with Gasteiger partial charge in [0.1, 0.15) is 5.82 Å². The van der Waals surface area contributed by atoms with Gasteiger partial charge in [-0.25, -0.2) is 9.18 Å². The second kappa shape index (κ2) is 5.41. The summed E-state index contributed by atoms with van der Waals surface area (Å²) in [5.41, 5.74) is 5.43. The Balaban J connectivity index is 2.59. The topological polar surface area (TPSA) is 67.2 Å². The van der Waals surface area contributed by atoms with E-state index in [1.807, 2.05) is 0 Å². The van der Waals surface area contributed by atoms with Gasteiger partial charge in [0.05, 0.1) is 16.7 Å². The molecular weight excluding hydrogens is 229 g/mol. The molecule has 16 heavy (non-hydrogen) atoms. The van der Waals surface area contributed by atoms with Crippen LogP contribution in [-0.2, 0) is 0 Å². The number of benzene rings is 1. The van der Waals surface area contributed by atoms with Crippen molar-refractivity contribution in [3.8, 4) is 0 Å². The minimum Gasteiger partial charge on any atom is -0.392 e. The van der Waals surface area contributed by atoms with Crippen LogP contribution in [0.15, 0.2) is 24.3 Å². The molecule has 1 aromatic rings. The maximum Gasteiger partial charge on any atom is 0.319 e. The highest BCUT2D eigenvalue weighted by Gasteiger charge is 2.10. The van der Waals surface area contributed by atoms with Crippen LogP contribution in [0.2, 0.25) is 0 Å². The molecule has 2 amide bonds. The van der Waals surface area contributed by atoms with Crippen molar-refractivity contribution < 1.29 is 9.18 Å². The lowest BCUT2D eigenvalue weighted by molar-refractivity contribution is 0.251. The van der Waals surface area contributed by atoms with Crippen molar-refractivity contribution in [2.45, 2.75) is 13.0 Å². The lowest BCUT2D eigenvalue weighted by atomic mass is 10.3. The zero-order chi connectivity index (χ0) is 12.1. The van der Waals surface area contributed by atoms with Crippen molar-refractivity contribution in [1.82, 2.24) is 5.32 Å². The third-order valence-electron chi connectivity index (χ3n) is 1.90. The lowest BCUT2D eigenvalue weighted by Gasteiger charge is -2.13. The number of hydrogen-bond acceptors (Lipinski definition) is 2. The van der Waals surface area contributed by atoms with Crippen LogP contribution >= 0.6 is 12.2 Å². The van der Waals surface area contributed by atoms with E-state index in [4.69, 9.17) is 5.73 Å². The Bertz CT molecular complexity index is 411. The number of amides is 2. The first-order valence-corrected chi connectivity index (χ1v) is 5.03. The van der Waals surface area contributed by atoms with Gasteiger partial charge in [0, 0.05) is 0 Å². The zero-order valence-corrected chi connectivity index (χ0v) is 9.48. The summed E-state index contributed by atoms with van der Waals surface area (Å²) in [5, 5.41) is 4.83. The lowest BCUT2D eigenvalue weighted by Crippen LogP contribution is -2.43. The molecule has 0 saturated heterocycles. The largest absolute Gasteiger partial charge is 0.392 e. The van der Waals surface area contributed by atoms with Crippen molar-refractivity contribution >= 4 is 28.9 Å². The molecule has 1 rings (SSSR count). The Kier molecular flexibility index (Phi) is 4.19. The van der Waals surface area contributed by atoms with E-state index in [1.165, 1.54) is 18.2 Å². The number of urea groups is 1. The number of thiocarbonyl (C=S) groups is 1. The quantitative estimate of drug-likeness (QED) is 0.704. The fourth-order valence-electron chi connectivity index (χ4n) is 0.989. The third kappa shape index (κ3) is 3.47. The van der Waals surface area contributed by atoms with Gasteiger partial charge in [-0.2, -0.15) is 0 Å². The fraction of sp³-hybridized carbons (Fsp3) is 0.200. The fourth-order valence-corrected chi connectivity index (χ4v) is 1.05. The smallest absolute Gasteiger partial charge is 0.319 e. The predicted molar refractivity (Wildman–Crippen MR) is 64.8 cm³/mol.